The lowest BCUT2D eigenvalue weighted by molar-refractivity contribution is -0.135. The number of carbonyl (C=O) groups is 2. The average molecular weight is 492 g/mol. The molecule has 0 atom stereocenters. The molecule has 8 heteroatoms. The highest BCUT2D eigenvalue weighted by molar-refractivity contribution is 6.36. The van der Waals surface area contributed by atoms with Gasteiger partial charge in [-0.2, -0.15) is 0 Å². The second-order valence-electron chi connectivity index (χ2n) is 9.24. The van der Waals surface area contributed by atoms with E-state index in [-0.39, 0.29) is 11.9 Å². The van der Waals surface area contributed by atoms with Crippen molar-refractivity contribution in [3.8, 4) is 5.75 Å². The first kappa shape index (κ1) is 25.2. The van der Waals surface area contributed by atoms with Crippen LogP contribution in [0.25, 0.3) is 0 Å². The zero-order valence-electron chi connectivity index (χ0n) is 19.5. The van der Waals surface area contributed by atoms with Crippen molar-refractivity contribution >= 4 is 52.3 Å². The van der Waals surface area contributed by atoms with Crippen molar-refractivity contribution in [2.75, 3.05) is 28.6 Å². The van der Waals surface area contributed by atoms with Gasteiger partial charge >= 0.3 is 12.0 Å². The fourth-order valence-electron chi connectivity index (χ4n) is 3.52. The Balaban J connectivity index is 1.93. The first-order valence-electron chi connectivity index (χ1n) is 11.3. The van der Waals surface area contributed by atoms with Crippen molar-refractivity contribution in [3.05, 3.63) is 46.4 Å². The number of carbonyl (C=O) groups excluding carboxylic acids is 2. The largest absolute Gasteiger partial charge is 0.424 e. The van der Waals surface area contributed by atoms with Crippen LogP contribution in [-0.4, -0.2) is 25.1 Å². The molecule has 1 saturated carbocycles. The molecular formula is C25H31Cl2N3O3. The van der Waals surface area contributed by atoms with E-state index in [0.29, 0.717) is 39.0 Å². The summed E-state index contributed by atoms with van der Waals surface area (Å²) in [5.74, 6) is 0.799. The summed E-state index contributed by atoms with van der Waals surface area (Å²) in [6.07, 6.45) is 1.67. The van der Waals surface area contributed by atoms with Crippen LogP contribution in [0.2, 0.25) is 10.0 Å². The van der Waals surface area contributed by atoms with Gasteiger partial charge in [-0.3, -0.25) is 4.79 Å². The number of benzene rings is 2. The van der Waals surface area contributed by atoms with E-state index >= 15 is 0 Å². The quantitative estimate of drug-likeness (QED) is 0.290. The molecule has 0 aromatic heterocycles. The lowest BCUT2D eigenvalue weighted by Crippen LogP contribution is -2.33. The zero-order chi connectivity index (χ0) is 24.1. The van der Waals surface area contributed by atoms with E-state index in [1.54, 1.807) is 24.3 Å². The second kappa shape index (κ2) is 11.1. The Kier molecular flexibility index (Phi) is 8.49. The minimum absolute atomic E-state index is 0.0642. The van der Waals surface area contributed by atoms with Gasteiger partial charge in [-0.15, -0.1) is 0 Å². The van der Waals surface area contributed by atoms with Gasteiger partial charge in [-0.25, -0.2) is 4.79 Å². The Bertz CT molecular complexity index is 996. The SMILES string of the molecule is CC(C)CN(CC(C)C)c1cccc(OC(=O)C2CC2)c1NC(=O)Nc1ccc(Cl)cc1Cl. The number of amides is 2. The standard InChI is InChI=1S/C25H31Cl2N3O3/c1-15(2)13-30(14-16(3)4)21-6-5-7-22(33-24(31)17-8-9-17)23(21)29-25(32)28-20-11-10-18(26)12-19(20)27/h5-7,10-12,15-17H,8-9,13-14H2,1-4H3,(H2,28,29,32). The minimum Gasteiger partial charge on any atom is -0.424 e. The third kappa shape index (κ3) is 7.27. The average Bonchev–Trinajstić information content (AvgIpc) is 3.55. The second-order valence-corrected chi connectivity index (χ2v) is 10.1. The number of halogens is 2. The van der Waals surface area contributed by atoms with Crippen molar-refractivity contribution in [1.29, 1.82) is 0 Å². The number of ether oxygens (including phenoxy) is 1. The molecule has 0 unspecified atom stereocenters. The van der Waals surface area contributed by atoms with Crippen LogP contribution in [0.15, 0.2) is 36.4 Å². The van der Waals surface area contributed by atoms with Crippen LogP contribution in [0.3, 0.4) is 0 Å². The Morgan fingerprint density at radius 3 is 2.27 bits per heavy atom. The van der Waals surface area contributed by atoms with Gasteiger partial charge < -0.3 is 20.3 Å². The van der Waals surface area contributed by atoms with Crippen LogP contribution < -0.4 is 20.3 Å². The number of anilines is 3. The summed E-state index contributed by atoms with van der Waals surface area (Å²) in [7, 11) is 0. The van der Waals surface area contributed by atoms with Crippen LogP contribution >= 0.6 is 23.2 Å². The van der Waals surface area contributed by atoms with Crippen LogP contribution in [0.5, 0.6) is 5.75 Å². The third-order valence-corrected chi connectivity index (χ3v) is 5.60. The van der Waals surface area contributed by atoms with E-state index in [9.17, 15) is 9.59 Å². The molecule has 0 aliphatic heterocycles. The number of esters is 1. The zero-order valence-corrected chi connectivity index (χ0v) is 21.0. The summed E-state index contributed by atoms with van der Waals surface area (Å²) in [6.45, 7) is 10.2. The van der Waals surface area contributed by atoms with Crippen molar-refractivity contribution in [2.45, 2.75) is 40.5 Å². The summed E-state index contributed by atoms with van der Waals surface area (Å²) in [6, 6.07) is 9.83. The number of hydrogen-bond donors (Lipinski definition) is 2. The lowest BCUT2D eigenvalue weighted by Gasteiger charge is -2.31. The van der Waals surface area contributed by atoms with E-state index < -0.39 is 6.03 Å². The predicted molar refractivity (Wildman–Crippen MR) is 136 cm³/mol. The molecule has 2 aromatic carbocycles. The Labute approximate surface area is 205 Å². The molecule has 1 aliphatic carbocycles. The highest BCUT2D eigenvalue weighted by Crippen LogP contribution is 2.39. The molecule has 2 amide bonds. The van der Waals surface area contributed by atoms with Crippen molar-refractivity contribution in [1.82, 2.24) is 0 Å². The van der Waals surface area contributed by atoms with Crippen LogP contribution in [0, 0.1) is 17.8 Å². The maximum Gasteiger partial charge on any atom is 0.323 e. The van der Waals surface area contributed by atoms with E-state index in [1.807, 2.05) is 12.1 Å². The number of urea groups is 1. The van der Waals surface area contributed by atoms with Crippen molar-refractivity contribution in [3.63, 3.8) is 0 Å². The van der Waals surface area contributed by atoms with E-state index in [0.717, 1.165) is 31.6 Å². The van der Waals surface area contributed by atoms with E-state index in [2.05, 4.69) is 43.2 Å². The summed E-state index contributed by atoms with van der Waals surface area (Å²) in [4.78, 5) is 27.6. The number of hydrogen-bond acceptors (Lipinski definition) is 4. The molecule has 178 valence electrons. The van der Waals surface area contributed by atoms with Crippen molar-refractivity contribution < 1.29 is 14.3 Å². The first-order chi connectivity index (χ1) is 15.6. The van der Waals surface area contributed by atoms with Crippen molar-refractivity contribution in [2.24, 2.45) is 17.8 Å². The number of rotatable bonds is 9. The Morgan fingerprint density at radius 2 is 1.70 bits per heavy atom. The number of nitrogens with zero attached hydrogens (tertiary/aromatic N) is 1. The molecule has 2 N–H and O–H groups in total. The minimum atomic E-state index is -0.496. The summed E-state index contributed by atoms with van der Waals surface area (Å²) in [5, 5.41) is 6.45. The highest BCUT2D eigenvalue weighted by Gasteiger charge is 2.32. The van der Waals surface area contributed by atoms with E-state index in [4.69, 9.17) is 27.9 Å². The van der Waals surface area contributed by atoms with Gasteiger partial charge in [-0.1, -0.05) is 57.0 Å². The molecule has 0 radical (unpaired) electrons. The molecule has 3 rings (SSSR count). The molecule has 0 bridgehead atoms. The molecule has 1 aliphatic rings. The summed E-state index contributed by atoms with van der Waals surface area (Å²) >= 11 is 12.2. The van der Waals surface area contributed by atoms with Gasteiger partial charge in [-0.05, 0) is 55.0 Å². The van der Waals surface area contributed by atoms with Gasteiger partial charge in [0.2, 0.25) is 0 Å². The smallest absolute Gasteiger partial charge is 0.323 e. The van der Waals surface area contributed by atoms with Gasteiger partial charge in [0.25, 0.3) is 0 Å². The topological polar surface area (TPSA) is 70.7 Å². The van der Waals surface area contributed by atoms with E-state index in [1.165, 1.54) is 0 Å². The molecule has 2 aromatic rings. The van der Waals surface area contributed by atoms with Crippen LogP contribution in [0.4, 0.5) is 21.9 Å². The fraction of sp³-hybridized carbons (Fsp3) is 0.440. The van der Waals surface area contributed by atoms with Gasteiger partial charge in [0.15, 0.2) is 5.75 Å². The Morgan fingerprint density at radius 1 is 1.03 bits per heavy atom. The fourth-order valence-corrected chi connectivity index (χ4v) is 3.97. The van der Waals surface area contributed by atoms with Crippen LogP contribution in [-0.2, 0) is 4.79 Å². The lowest BCUT2D eigenvalue weighted by atomic mass is 10.1. The summed E-state index contributed by atoms with van der Waals surface area (Å²) in [5.41, 5.74) is 1.68. The predicted octanol–water partition coefficient (Wildman–Crippen LogP) is 7.07. The highest BCUT2D eigenvalue weighted by atomic mass is 35.5. The first-order valence-corrected chi connectivity index (χ1v) is 12.0. The maximum atomic E-state index is 12.9. The molecule has 6 nitrogen and oxygen atoms in total. The van der Waals surface area contributed by atoms with Gasteiger partial charge in [0.1, 0.15) is 5.69 Å². The van der Waals surface area contributed by atoms with Gasteiger partial charge in [0.05, 0.1) is 22.3 Å². The molecule has 0 saturated heterocycles. The molecule has 33 heavy (non-hydrogen) atoms. The van der Waals surface area contributed by atoms with Gasteiger partial charge in [0, 0.05) is 18.1 Å². The maximum absolute atomic E-state index is 12.9. The third-order valence-electron chi connectivity index (χ3n) is 5.06. The molecule has 0 spiro atoms. The Hall–Kier alpha value is -2.44. The molecule has 0 heterocycles. The monoisotopic (exact) mass is 491 g/mol. The number of nitrogens with one attached hydrogen (secondary N) is 2. The molecule has 1 fully saturated rings. The number of para-hydroxylation sites is 1. The summed E-state index contributed by atoms with van der Waals surface area (Å²) < 4.78 is 5.71. The normalized spacial score (nSPS) is 13.2. The van der Waals surface area contributed by atoms with Crippen LogP contribution in [0.1, 0.15) is 40.5 Å². The molecular weight excluding hydrogens is 461 g/mol.